The normalized spacial score (nSPS) is 18.1. The topological polar surface area (TPSA) is 133 Å². The van der Waals surface area contributed by atoms with E-state index in [4.69, 9.17) is 4.98 Å². The molecule has 1 aliphatic carbocycles. The van der Waals surface area contributed by atoms with Crippen LogP contribution in [0.2, 0.25) is 0 Å². The average molecular weight is 502 g/mol. The minimum absolute atomic E-state index is 0.00106. The lowest BCUT2D eigenvalue weighted by Crippen LogP contribution is -2.49. The van der Waals surface area contributed by atoms with Crippen molar-refractivity contribution in [3.8, 4) is 11.4 Å². The van der Waals surface area contributed by atoms with Crippen LogP contribution in [0.3, 0.4) is 0 Å². The summed E-state index contributed by atoms with van der Waals surface area (Å²) in [7, 11) is -3.82. The molecular weight excluding hydrogens is 473 g/mol. The lowest BCUT2D eigenvalue weighted by Gasteiger charge is -2.35. The number of rotatable bonds is 6. The zero-order chi connectivity index (χ0) is 24.4. The van der Waals surface area contributed by atoms with Crippen molar-refractivity contribution in [2.45, 2.75) is 50.0 Å². The van der Waals surface area contributed by atoms with Gasteiger partial charge in [-0.2, -0.15) is 14.5 Å². The van der Waals surface area contributed by atoms with Crippen molar-refractivity contribution in [3.63, 3.8) is 0 Å². The van der Waals surface area contributed by atoms with E-state index in [0.29, 0.717) is 25.1 Å². The molecule has 0 unspecified atom stereocenters. The molecule has 3 heterocycles. The van der Waals surface area contributed by atoms with E-state index >= 15 is 0 Å². The third-order valence-electron chi connectivity index (χ3n) is 6.50. The molecule has 2 N–H and O–H groups in total. The van der Waals surface area contributed by atoms with Crippen LogP contribution in [-0.2, 0) is 10.0 Å². The zero-order valence-electron chi connectivity index (χ0n) is 19.5. The Morgan fingerprint density at radius 3 is 2.54 bits per heavy atom. The van der Waals surface area contributed by atoms with Crippen LogP contribution in [0.4, 0.5) is 16.2 Å². The van der Waals surface area contributed by atoms with Crippen LogP contribution in [0.25, 0.3) is 11.4 Å². The van der Waals surface area contributed by atoms with Crippen LogP contribution in [0.5, 0.6) is 0 Å². The average Bonchev–Trinajstić information content (AvgIpc) is 3.39. The highest BCUT2D eigenvalue weighted by Gasteiger charge is 2.30. The third-order valence-corrected chi connectivity index (χ3v) is 8.40. The highest BCUT2D eigenvalue weighted by atomic mass is 32.2. The number of nitrogens with one attached hydrogen (secondary N) is 2. The first-order valence-corrected chi connectivity index (χ1v) is 13.2. The van der Waals surface area contributed by atoms with E-state index in [1.807, 2.05) is 13.0 Å². The summed E-state index contributed by atoms with van der Waals surface area (Å²) in [6, 6.07) is 5.94. The van der Waals surface area contributed by atoms with Crippen LogP contribution in [0.1, 0.15) is 37.8 Å². The van der Waals surface area contributed by atoms with Gasteiger partial charge in [0, 0.05) is 44.0 Å². The van der Waals surface area contributed by atoms with Crippen LogP contribution >= 0.6 is 0 Å². The lowest BCUT2D eigenvalue weighted by molar-refractivity contribution is 0.383. The number of aromatic amines is 1. The van der Waals surface area contributed by atoms with Gasteiger partial charge in [-0.05, 0) is 43.2 Å². The molecule has 5 rings (SSSR count). The number of sulfonamides is 1. The van der Waals surface area contributed by atoms with E-state index in [2.05, 4.69) is 35.8 Å². The molecule has 2 aromatic heterocycles. The molecule has 0 amide bonds. The maximum absolute atomic E-state index is 14.3. The fraction of sp³-hybridized carbons (Fsp3) is 0.500. The number of hydrogen-bond acceptors (Lipinski definition) is 9. The number of benzene rings is 1. The summed E-state index contributed by atoms with van der Waals surface area (Å²) >= 11 is 0. The molecule has 1 saturated heterocycles. The summed E-state index contributed by atoms with van der Waals surface area (Å²) in [5, 5.41) is 16.7. The summed E-state index contributed by atoms with van der Waals surface area (Å²) in [6.45, 7) is 3.47. The molecule has 35 heavy (non-hydrogen) atoms. The van der Waals surface area contributed by atoms with Gasteiger partial charge in [0.25, 0.3) is 0 Å². The predicted octanol–water partition coefficient (Wildman–Crippen LogP) is 2.36. The van der Waals surface area contributed by atoms with Crippen molar-refractivity contribution in [2.24, 2.45) is 0 Å². The molecule has 0 radical (unpaired) electrons. The Kier molecular flexibility index (Phi) is 6.60. The van der Waals surface area contributed by atoms with Crippen molar-refractivity contribution < 1.29 is 12.8 Å². The molecule has 3 aromatic rings. The molecule has 13 heteroatoms. The van der Waals surface area contributed by atoms with E-state index in [1.165, 1.54) is 35.7 Å². The number of aryl methyl sites for hydroxylation is 1. The number of anilines is 2. The van der Waals surface area contributed by atoms with Gasteiger partial charge in [0.05, 0.1) is 10.5 Å². The lowest BCUT2D eigenvalue weighted by atomic mass is 9.96. The molecule has 1 saturated carbocycles. The van der Waals surface area contributed by atoms with E-state index in [-0.39, 0.29) is 29.4 Å². The van der Waals surface area contributed by atoms with E-state index in [1.54, 1.807) is 0 Å². The summed E-state index contributed by atoms with van der Waals surface area (Å²) in [6.07, 6.45) is 5.97. The number of nitrogens with zero attached hydrogens (tertiary/aromatic N) is 7. The monoisotopic (exact) mass is 501 g/mol. The van der Waals surface area contributed by atoms with E-state index in [0.717, 1.165) is 30.4 Å². The molecule has 0 atom stereocenters. The largest absolute Gasteiger partial charge is 0.354 e. The van der Waals surface area contributed by atoms with Gasteiger partial charge in [0.1, 0.15) is 11.6 Å². The van der Waals surface area contributed by atoms with Gasteiger partial charge in [-0.1, -0.05) is 19.3 Å². The second-order valence-electron chi connectivity index (χ2n) is 8.94. The zero-order valence-corrected chi connectivity index (χ0v) is 20.3. The Morgan fingerprint density at radius 2 is 1.83 bits per heavy atom. The number of H-pyrrole nitrogens is 1. The van der Waals surface area contributed by atoms with Crippen LogP contribution in [0, 0.1) is 12.7 Å². The second-order valence-corrected chi connectivity index (χ2v) is 10.9. The van der Waals surface area contributed by atoms with Gasteiger partial charge in [-0.3, -0.25) is 0 Å². The first-order valence-electron chi connectivity index (χ1n) is 11.8. The van der Waals surface area contributed by atoms with Gasteiger partial charge < -0.3 is 10.2 Å². The van der Waals surface area contributed by atoms with Crippen molar-refractivity contribution in [1.29, 1.82) is 0 Å². The maximum atomic E-state index is 14.3. The quantitative estimate of drug-likeness (QED) is 0.522. The molecule has 1 aliphatic heterocycles. The summed E-state index contributed by atoms with van der Waals surface area (Å²) < 4.78 is 42.2. The minimum atomic E-state index is -3.82. The molecular formula is C22H28FN9O2S. The fourth-order valence-corrected chi connectivity index (χ4v) is 6.08. The van der Waals surface area contributed by atoms with Crippen LogP contribution in [-0.4, -0.2) is 75.5 Å². The van der Waals surface area contributed by atoms with Gasteiger partial charge >= 0.3 is 0 Å². The summed E-state index contributed by atoms with van der Waals surface area (Å²) in [5.41, 5.74) is 0.844. The molecule has 2 aliphatic rings. The number of hydrogen-bond donors (Lipinski definition) is 2. The highest BCUT2D eigenvalue weighted by molar-refractivity contribution is 7.89. The van der Waals surface area contributed by atoms with E-state index in [9.17, 15) is 12.8 Å². The Morgan fingerprint density at radius 1 is 1.06 bits per heavy atom. The Bertz CT molecular complexity index is 1270. The standard InChI is InChI=1S/C22H28FN9O2S/c1-15-13-20(26-22(24-15)25-16-5-3-2-4-6-16)31-9-11-32(12-10-31)35(33,34)17-7-8-19(23)18(14-17)21-27-29-30-28-21/h7-8,13-14,16H,2-6,9-12H2,1H3,(H,24,25,26)(H,27,28,29,30). The van der Waals surface area contributed by atoms with Gasteiger partial charge in [-0.15, -0.1) is 10.2 Å². The van der Waals surface area contributed by atoms with Crippen LogP contribution in [0.15, 0.2) is 29.2 Å². The Labute approximate surface area is 203 Å². The van der Waals surface area contributed by atoms with Gasteiger partial charge in [-0.25, -0.2) is 17.8 Å². The molecule has 2 fully saturated rings. The number of piperazine rings is 1. The summed E-state index contributed by atoms with van der Waals surface area (Å²) in [4.78, 5) is 11.3. The molecule has 0 spiro atoms. The van der Waals surface area contributed by atoms with Crippen molar-refractivity contribution in [2.75, 3.05) is 36.4 Å². The van der Waals surface area contributed by atoms with E-state index < -0.39 is 15.8 Å². The van der Waals surface area contributed by atoms with Crippen molar-refractivity contribution in [3.05, 3.63) is 35.8 Å². The number of aromatic nitrogens is 6. The predicted molar refractivity (Wildman–Crippen MR) is 128 cm³/mol. The smallest absolute Gasteiger partial charge is 0.243 e. The highest BCUT2D eigenvalue weighted by Crippen LogP contribution is 2.27. The fourth-order valence-electron chi connectivity index (χ4n) is 4.63. The van der Waals surface area contributed by atoms with Crippen LogP contribution < -0.4 is 10.2 Å². The molecule has 11 nitrogen and oxygen atoms in total. The SMILES string of the molecule is Cc1cc(N2CCN(S(=O)(=O)c3ccc(F)c(-c4nn[nH]n4)c3)CC2)nc(NC2CCCCC2)n1. The first-order chi connectivity index (χ1) is 16.9. The minimum Gasteiger partial charge on any atom is -0.354 e. The second kappa shape index (κ2) is 9.82. The van der Waals surface area contributed by atoms with Gasteiger partial charge in [0.15, 0.2) is 0 Å². The Hall–Kier alpha value is -3.19. The molecule has 1 aromatic carbocycles. The summed E-state index contributed by atoms with van der Waals surface area (Å²) in [5.74, 6) is 0.796. The number of tetrazole rings is 1. The molecule has 0 bridgehead atoms. The number of halogens is 1. The maximum Gasteiger partial charge on any atom is 0.243 e. The third kappa shape index (κ3) is 5.10. The molecule has 186 valence electrons. The van der Waals surface area contributed by atoms with Gasteiger partial charge in [0.2, 0.25) is 21.8 Å². The van der Waals surface area contributed by atoms with Crippen molar-refractivity contribution >= 4 is 21.8 Å². The first kappa shape index (κ1) is 23.5. The van der Waals surface area contributed by atoms with Crippen molar-refractivity contribution in [1.82, 2.24) is 34.9 Å². The Balaban J connectivity index is 1.28.